The molecule has 1 aliphatic heterocycles. The Morgan fingerprint density at radius 1 is 1.00 bits per heavy atom. The van der Waals surface area contributed by atoms with E-state index in [1.807, 2.05) is 0 Å². The van der Waals surface area contributed by atoms with Gasteiger partial charge in [-0.25, -0.2) is 0 Å². The second-order valence-corrected chi connectivity index (χ2v) is 3.63. The molecular weight excluding hydrogens is 240 g/mol. The minimum absolute atomic E-state index is 0.363. The highest BCUT2D eigenvalue weighted by Gasteiger charge is 2.29. The van der Waals surface area contributed by atoms with Gasteiger partial charge in [0.1, 0.15) is 17.9 Å². The lowest BCUT2D eigenvalue weighted by atomic mass is 10.2. The Morgan fingerprint density at radius 2 is 1.50 bits per heavy atom. The number of cyclic esters (lactones) is 2. The van der Waals surface area contributed by atoms with Gasteiger partial charge in [-0.1, -0.05) is 0 Å². The molecular formula is C12H12O6. The topological polar surface area (TPSA) is 71.1 Å². The summed E-state index contributed by atoms with van der Waals surface area (Å²) in [7, 11) is 2.99. The van der Waals surface area contributed by atoms with Gasteiger partial charge in [-0.3, -0.25) is 9.59 Å². The van der Waals surface area contributed by atoms with Gasteiger partial charge in [0.2, 0.25) is 0 Å². The number of carbonyl (C=O) groups is 2. The minimum Gasteiger partial charge on any atom is -0.497 e. The van der Waals surface area contributed by atoms with E-state index in [4.69, 9.17) is 18.9 Å². The first-order valence-electron chi connectivity index (χ1n) is 5.24. The molecule has 0 amide bonds. The minimum atomic E-state index is -1.05. The molecule has 0 aromatic heterocycles. The zero-order chi connectivity index (χ0) is 13.1. The first-order chi connectivity index (χ1) is 8.62. The molecule has 1 saturated heterocycles. The van der Waals surface area contributed by atoms with Crippen LogP contribution in [0.3, 0.4) is 0 Å². The van der Waals surface area contributed by atoms with Gasteiger partial charge in [-0.05, 0) is 12.1 Å². The number of hydrogen-bond donors (Lipinski definition) is 0. The van der Waals surface area contributed by atoms with Crippen LogP contribution in [0.4, 0.5) is 0 Å². The number of rotatable bonds is 3. The monoisotopic (exact) mass is 252 g/mol. The highest BCUT2D eigenvalue weighted by molar-refractivity contribution is 5.92. The van der Waals surface area contributed by atoms with Crippen molar-refractivity contribution in [2.75, 3.05) is 14.2 Å². The van der Waals surface area contributed by atoms with Crippen molar-refractivity contribution in [2.24, 2.45) is 0 Å². The van der Waals surface area contributed by atoms with E-state index in [-0.39, 0.29) is 6.42 Å². The van der Waals surface area contributed by atoms with E-state index in [9.17, 15) is 9.59 Å². The van der Waals surface area contributed by atoms with E-state index in [0.717, 1.165) is 0 Å². The Balaban J connectivity index is 2.31. The third-order valence-corrected chi connectivity index (χ3v) is 2.41. The van der Waals surface area contributed by atoms with Gasteiger partial charge in [0.05, 0.1) is 14.2 Å². The van der Waals surface area contributed by atoms with Crippen LogP contribution in [0.1, 0.15) is 18.3 Å². The van der Waals surface area contributed by atoms with E-state index in [0.29, 0.717) is 17.1 Å². The van der Waals surface area contributed by atoms with E-state index in [1.54, 1.807) is 18.2 Å². The lowest BCUT2D eigenvalue weighted by Crippen LogP contribution is -2.26. The first-order valence-corrected chi connectivity index (χ1v) is 5.24. The van der Waals surface area contributed by atoms with Gasteiger partial charge >= 0.3 is 11.9 Å². The first kappa shape index (κ1) is 12.2. The van der Waals surface area contributed by atoms with Crippen molar-refractivity contribution >= 4 is 11.9 Å². The van der Waals surface area contributed by atoms with Crippen LogP contribution in [0.5, 0.6) is 11.5 Å². The quantitative estimate of drug-likeness (QED) is 0.594. The second-order valence-electron chi connectivity index (χ2n) is 3.63. The van der Waals surface area contributed by atoms with Crippen molar-refractivity contribution in [3.05, 3.63) is 23.8 Å². The van der Waals surface area contributed by atoms with Crippen LogP contribution >= 0.6 is 0 Å². The van der Waals surface area contributed by atoms with Crippen LogP contribution in [0.15, 0.2) is 18.2 Å². The number of methoxy groups -OCH3 is 2. The van der Waals surface area contributed by atoms with Gasteiger partial charge in [0.15, 0.2) is 0 Å². The maximum atomic E-state index is 11.2. The Morgan fingerprint density at radius 3 is 1.94 bits per heavy atom. The number of hydrogen-bond acceptors (Lipinski definition) is 6. The van der Waals surface area contributed by atoms with Crippen molar-refractivity contribution in [3.63, 3.8) is 0 Å². The largest absolute Gasteiger partial charge is 0.497 e. The van der Waals surface area contributed by atoms with Crippen LogP contribution in [-0.2, 0) is 19.1 Å². The van der Waals surface area contributed by atoms with Crippen LogP contribution in [0.25, 0.3) is 0 Å². The molecule has 0 N–H and O–H groups in total. The Kier molecular flexibility index (Phi) is 3.36. The summed E-state index contributed by atoms with van der Waals surface area (Å²) in [4.78, 5) is 22.4. The maximum absolute atomic E-state index is 11.2. The molecule has 1 aromatic carbocycles. The Labute approximate surface area is 103 Å². The standard InChI is InChI=1S/C12H12O6/c1-15-8-3-7(4-9(5-8)16-2)12-17-10(13)6-11(14)18-12/h3-5,12H,6H2,1-2H3. The van der Waals surface area contributed by atoms with Gasteiger partial charge < -0.3 is 18.9 Å². The molecule has 0 radical (unpaired) electrons. The van der Waals surface area contributed by atoms with Gasteiger partial charge in [0.25, 0.3) is 6.29 Å². The zero-order valence-corrected chi connectivity index (χ0v) is 9.97. The molecule has 6 heteroatoms. The molecule has 6 nitrogen and oxygen atoms in total. The molecule has 0 atom stereocenters. The summed E-state index contributed by atoms with van der Waals surface area (Å²) in [5.41, 5.74) is 0.479. The molecule has 1 heterocycles. The Hall–Kier alpha value is -2.24. The van der Waals surface area contributed by atoms with E-state index in [1.165, 1.54) is 14.2 Å². The number of esters is 2. The molecule has 1 aliphatic rings. The van der Waals surface area contributed by atoms with Crippen molar-refractivity contribution < 1.29 is 28.5 Å². The average Bonchev–Trinajstić information content (AvgIpc) is 2.37. The third kappa shape index (κ3) is 2.53. The molecule has 1 aromatic rings. The van der Waals surface area contributed by atoms with E-state index < -0.39 is 18.2 Å². The summed E-state index contributed by atoms with van der Waals surface area (Å²) in [6, 6.07) is 4.88. The lowest BCUT2D eigenvalue weighted by molar-refractivity contribution is -0.205. The SMILES string of the molecule is COc1cc(OC)cc(C2OC(=O)CC(=O)O2)c1. The number of carbonyl (C=O) groups excluding carboxylic acids is 2. The van der Waals surface area contributed by atoms with Crippen molar-refractivity contribution in [2.45, 2.75) is 12.7 Å². The molecule has 2 rings (SSSR count). The molecule has 0 aliphatic carbocycles. The maximum Gasteiger partial charge on any atom is 0.320 e. The molecule has 0 spiro atoms. The summed E-state index contributed by atoms with van der Waals surface area (Å²) < 4.78 is 20.1. The van der Waals surface area contributed by atoms with Gasteiger partial charge in [-0.2, -0.15) is 0 Å². The molecule has 96 valence electrons. The van der Waals surface area contributed by atoms with Gasteiger partial charge in [-0.15, -0.1) is 0 Å². The number of benzene rings is 1. The highest BCUT2D eigenvalue weighted by Crippen LogP contribution is 2.31. The van der Waals surface area contributed by atoms with Crippen LogP contribution < -0.4 is 9.47 Å². The molecule has 18 heavy (non-hydrogen) atoms. The fourth-order valence-corrected chi connectivity index (χ4v) is 1.57. The van der Waals surface area contributed by atoms with Crippen molar-refractivity contribution in [3.8, 4) is 11.5 Å². The normalized spacial score (nSPS) is 15.9. The zero-order valence-electron chi connectivity index (χ0n) is 9.97. The second kappa shape index (κ2) is 4.95. The fraction of sp³-hybridized carbons (Fsp3) is 0.333. The Bertz CT molecular complexity index is 443. The molecule has 1 fully saturated rings. The van der Waals surface area contributed by atoms with Gasteiger partial charge in [0, 0.05) is 11.6 Å². The predicted molar refractivity (Wildman–Crippen MR) is 59.1 cm³/mol. The van der Waals surface area contributed by atoms with E-state index >= 15 is 0 Å². The summed E-state index contributed by atoms with van der Waals surface area (Å²) in [6.45, 7) is 0. The summed E-state index contributed by atoms with van der Waals surface area (Å²) in [5, 5.41) is 0. The molecule has 0 saturated carbocycles. The average molecular weight is 252 g/mol. The summed E-state index contributed by atoms with van der Waals surface area (Å²) in [5.74, 6) is -0.194. The van der Waals surface area contributed by atoms with Crippen molar-refractivity contribution in [1.29, 1.82) is 0 Å². The molecule has 0 bridgehead atoms. The van der Waals surface area contributed by atoms with Crippen LogP contribution in [-0.4, -0.2) is 26.2 Å². The van der Waals surface area contributed by atoms with Crippen LogP contribution in [0, 0.1) is 0 Å². The van der Waals surface area contributed by atoms with Crippen molar-refractivity contribution in [1.82, 2.24) is 0 Å². The smallest absolute Gasteiger partial charge is 0.320 e. The van der Waals surface area contributed by atoms with Crippen LogP contribution in [0.2, 0.25) is 0 Å². The number of ether oxygens (including phenoxy) is 4. The summed E-state index contributed by atoms with van der Waals surface area (Å²) in [6.07, 6.45) is -1.42. The summed E-state index contributed by atoms with van der Waals surface area (Å²) >= 11 is 0. The molecule has 0 unspecified atom stereocenters. The lowest BCUT2D eigenvalue weighted by Gasteiger charge is -2.23. The highest BCUT2D eigenvalue weighted by atomic mass is 16.7. The predicted octanol–water partition coefficient (Wildman–Crippen LogP) is 1.19. The van der Waals surface area contributed by atoms with E-state index in [2.05, 4.69) is 0 Å². The third-order valence-electron chi connectivity index (χ3n) is 2.41. The fourth-order valence-electron chi connectivity index (χ4n) is 1.57.